The normalized spacial score (nSPS) is 11.1. The van der Waals surface area contributed by atoms with Crippen LogP contribution >= 0.6 is 0 Å². The van der Waals surface area contributed by atoms with E-state index in [0.29, 0.717) is 37.6 Å². The Balaban J connectivity index is 2.37. The first-order valence-corrected chi connectivity index (χ1v) is 9.06. The smallest absolute Gasteiger partial charge is 0.331 e. The number of hydrogen-bond donors (Lipinski definition) is 2. The van der Waals surface area contributed by atoms with E-state index in [9.17, 15) is 19.8 Å². The third-order valence-corrected chi connectivity index (χ3v) is 4.41. The van der Waals surface area contributed by atoms with Crippen molar-refractivity contribution in [1.82, 2.24) is 18.3 Å². The van der Waals surface area contributed by atoms with Crippen LogP contribution in [0.3, 0.4) is 0 Å². The summed E-state index contributed by atoms with van der Waals surface area (Å²) in [5, 5.41) is 20.4. The van der Waals surface area contributed by atoms with Gasteiger partial charge in [-0.2, -0.15) is 0 Å². The van der Waals surface area contributed by atoms with E-state index in [1.54, 1.807) is 32.1 Å². The van der Waals surface area contributed by atoms with Crippen molar-refractivity contribution in [3.8, 4) is 11.8 Å². The third-order valence-electron chi connectivity index (χ3n) is 4.41. The average Bonchev–Trinajstić information content (AvgIpc) is 3.03. The summed E-state index contributed by atoms with van der Waals surface area (Å²) in [6, 6.07) is 0. The number of aromatic nitrogens is 4. The van der Waals surface area contributed by atoms with Crippen LogP contribution in [0.2, 0.25) is 0 Å². The molecule has 2 N–H and O–H groups in total. The Morgan fingerprint density at radius 2 is 1.22 bits per heavy atom. The van der Waals surface area contributed by atoms with Gasteiger partial charge in [-0.05, 0) is 39.8 Å². The van der Waals surface area contributed by atoms with Crippen LogP contribution < -0.4 is 11.4 Å². The molecule has 0 aliphatic heterocycles. The Hall–Kier alpha value is -3.12. The fourth-order valence-corrected chi connectivity index (χ4v) is 3.01. The molecule has 0 aliphatic carbocycles. The number of aromatic hydroxyl groups is 2. The van der Waals surface area contributed by atoms with Gasteiger partial charge in [0.1, 0.15) is 11.4 Å². The lowest BCUT2D eigenvalue weighted by Crippen LogP contribution is -2.23. The van der Waals surface area contributed by atoms with Gasteiger partial charge in [-0.25, -0.2) is 9.59 Å². The lowest BCUT2D eigenvalue weighted by molar-refractivity contribution is 0.417. The van der Waals surface area contributed by atoms with Crippen molar-refractivity contribution in [3.63, 3.8) is 0 Å². The lowest BCUT2D eigenvalue weighted by Gasteiger charge is -1.98. The maximum atomic E-state index is 12.2. The van der Waals surface area contributed by atoms with Crippen molar-refractivity contribution >= 4 is 12.2 Å². The standard InChI is InChI=1S/C19H26N4O4/c1-5-20-14(16(24)22(7-3)18(20)26)12-10-9-11-13-15-17(25)23(8-4)19(27)21(15)6-2/h9-10,12-13,24-25H,5-8H2,1-4H3. The van der Waals surface area contributed by atoms with Gasteiger partial charge in [0.05, 0.1) is 0 Å². The molecule has 2 aromatic heterocycles. The molecule has 0 radical (unpaired) electrons. The van der Waals surface area contributed by atoms with Crippen molar-refractivity contribution in [2.24, 2.45) is 0 Å². The summed E-state index contributed by atoms with van der Waals surface area (Å²) in [5.41, 5.74) is 3.19. The van der Waals surface area contributed by atoms with Crippen molar-refractivity contribution in [2.45, 2.75) is 53.9 Å². The Kier molecular flexibility index (Phi) is 6.36. The Morgan fingerprint density at radius 3 is 1.70 bits per heavy atom. The first-order valence-electron chi connectivity index (χ1n) is 9.06. The van der Waals surface area contributed by atoms with Gasteiger partial charge < -0.3 is 10.2 Å². The minimum atomic E-state index is -0.265. The Labute approximate surface area is 157 Å². The van der Waals surface area contributed by atoms with Crippen LogP contribution in [0.1, 0.15) is 39.1 Å². The van der Waals surface area contributed by atoms with Crippen LogP contribution in [0.4, 0.5) is 0 Å². The summed E-state index contributed by atoms with van der Waals surface area (Å²) in [7, 11) is 0. The quantitative estimate of drug-likeness (QED) is 0.572. The van der Waals surface area contributed by atoms with Crippen LogP contribution in [0.5, 0.6) is 11.8 Å². The van der Waals surface area contributed by atoms with Crippen molar-refractivity contribution < 1.29 is 10.2 Å². The second kappa shape index (κ2) is 8.51. The summed E-state index contributed by atoms with van der Waals surface area (Å²) in [6.07, 6.45) is 6.37. The van der Waals surface area contributed by atoms with E-state index < -0.39 is 0 Å². The highest BCUT2D eigenvalue weighted by Crippen LogP contribution is 2.18. The van der Waals surface area contributed by atoms with Gasteiger partial charge in [0.25, 0.3) is 0 Å². The molecule has 0 aliphatic rings. The zero-order chi connectivity index (χ0) is 20.1. The summed E-state index contributed by atoms with van der Waals surface area (Å²) >= 11 is 0. The van der Waals surface area contributed by atoms with Gasteiger partial charge in [-0.15, -0.1) is 5.73 Å². The second-order valence-corrected chi connectivity index (χ2v) is 5.80. The Morgan fingerprint density at radius 1 is 0.778 bits per heavy atom. The van der Waals surface area contributed by atoms with E-state index in [-0.39, 0.29) is 23.1 Å². The lowest BCUT2D eigenvalue weighted by atomic mass is 10.3. The SMILES string of the molecule is CCn1c(O)c(C=C=CC=Cc2c(O)n(CC)c(=O)n2CC)n(CC)c1=O. The van der Waals surface area contributed by atoms with E-state index in [4.69, 9.17) is 0 Å². The van der Waals surface area contributed by atoms with Crippen molar-refractivity contribution in [3.05, 3.63) is 50.2 Å². The molecule has 2 heterocycles. The van der Waals surface area contributed by atoms with Gasteiger partial charge in [0, 0.05) is 32.3 Å². The van der Waals surface area contributed by atoms with Gasteiger partial charge in [0.2, 0.25) is 11.8 Å². The van der Waals surface area contributed by atoms with E-state index in [1.165, 1.54) is 24.3 Å². The monoisotopic (exact) mass is 374 g/mol. The highest BCUT2D eigenvalue weighted by Gasteiger charge is 2.15. The van der Waals surface area contributed by atoms with Crippen molar-refractivity contribution in [1.29, 1.82) is 0 Å². The van der Waals surface area contributed by atoms with Crippen LogP contribution in [0, 0.1) is 0 Å². The largest absolute Gasteiger partial charge is 0.493 e. The number of rotatable bonds is 7. The molecule has 2 aromatic rings. The number of nitrogens with zero attached hydrogens (tertiary/aromatic N) is 4. The minimum Gasteiger partial charge on any atom is -0.493 e. The number of hydrogen-bond acceptors (Lipinski definition) is 4. The molecule has 0 unspecified atom stereocenters. The first-order chi connectivity index (χ1) is 12.9. The molecule has 0 amide bonds. The van der Waals surface area contributed by atoms with Gasteiger partial charge in [0.15, 0.2) is 0 Å². The highest BCUT2D eigenvalue weighted by molar-refractivity contribution is 5.55. The molecule has 146 valence electrons. The summed E-state index contributed by atoms with van der Waals surface area (Å²) in [5.74, 6) is -0.165. The van der Waals surface area contributed by atoms with E-state index in [0.717, 1.165) is 0 Å². The van der Waals surface area contributed by atoms with Crippen LogP contribution in [-0.2, 0) is 26.2 Å². The molecule has 2 rings (SSSR count). The van der Waals surface area contributed by atoms with Crippen LogP contribution in [-0.4, -0.2) is 28.5 Å². The molecule has 0 fully saturated rings. The molecule has 0 saturated carbocycles. The number of allylic oxidation sites excluding steroid dienone is 2. The average molecular weight is 374 g/mol. The molecular formula is C19H26N4O4. The van der Waals surface area contributed by atoms with Crippen LogP contribution in [0.15, 0.2) is 27.5 Å². The maximum Gasteiger partial charge on any atom is 0.331 e. The fraction of sp³-hybridized carbons (Fsp3) is 0.421. The molecule has 0 saturated heterocycles. The summed E-state index contributed by atoms with van der Waals surface area (Å²) < 4.78 is 5.53. The second-order valence-electron chi connectivity index (χ2n) is 5.80. The molecule has 8 heteroatoms. The zero-order valence-electron chi connectivity index (χ0n) is 16.1. The van der Waals surface area contributed by atoms with E-state index in [2.05, 4.69) is 5.73 Å². The fourth-order valence-electron chi connectivity index (χ4n) is 3.01. The van der Waals surface area contributed by atoms with Gasteiger partial charge in [-0.1, -0.05) is 6.08 Å². The molecule has 0 spiro atoms. The predicted molar refractivity (Wildman–Crippen MR) is 105 cm³/mol. The molecule has 8 nitrogen and oxygen atoms in total. The maximum absolute atomic E-state index is 12.2. The topological polar surface area (TPSA) is 94.3 Å². The molecule has 0 aromatic carbocycles. The summed E-state index contributed by atoms with van der Waals surface area (Å²) in [6.45, 7) is 8.88. The van der Waals surface area contributed by atoms with Gasteiger partial charge in [-0.3, -0.25) is 18.3 Å². The first kappa shape index (κ1) is 20.2. The van der Waals surface area contributed by atoms with E-state index >= 15 is 0 Å². The molecule has 27 heavy (non-hydrogen) atoms. The molecule has 0 bridgehead atoms. The van der Waals surface area contributed by atoms with Crippen LogP contribution in [0.25, 0.3) is 12.2 Å². The molecular weight excluding hydrogens is 348 g/mol. The summed E-state index contributed by atoms with van der Waals surface area (Å²) in [4.78, 5) is 24.3. The van der Waals surface area contributed by atoms with E-state index in [1.807, 2.05) is 13.8 Å². The van der Waals surface area contributed by atoms with Crippen molar-refractivity contribution in [2.75, 3.05) is 0 Å². The Bertz CT molecular complexity index is 1020. The number of imidazole rings is 2. The third kappa shape index (κ3) is 3.57. The molecule has 0 atom stereocenters. The minimum absolute atomic E-state index is 0.0736. The predicted octanol–water partition coefficient (Wildman–Crippen LogP) is 1.99. The van der Waals surface area contributed by atoms with Gasteiger partial charge >= 0.3 is 11.4 Å². The highest BCUT2D eigenvalue weighted by atomic mass is 16.3. The zero-order valence-corrected chi connectivity index (χ0v) is 16.1.